The molecule has 142 valence electrons. The Bertz CT molecular complexity index is 629. The van der Waals surface area contributed by atoms with Crippen molar-refractivity contribution < 1.29 is 13.2 Å². The second-order valence-corrected chi connectivity index (χ2v) is 7.92. The van der Waals surface area contributed by atoms with Gasteiger partial charge in [-0.15, -0.1) is 12.4 Å². The first-order chi connectivity index (χ1) is 11.5. The summed E-state index contributed by atoms with van der Waals surface area (Å²) < 4.78 is 26.2. The largest absolute Gasteiger partial charge is 0.352 e. The highest BCUT2D eigenvalue weighted by molar-refractivity contribution is 7.89. The van der Waals surface area contributed by atoms with Crippen LogP contribution in [0.1, 0.15) is 38.2 Å². The Kier molecular flexibility index (Phi) is 9.42. The van der Waals surface area contributed by atoms with E-state index in [-0.39, 0.29) is 23.2 Å². The summed E-state index contributed by atoms with van der Waals surface area (Å²) in [6.45, 7) is 4.62. The van der Waals surface area contributed by atoms with Crippen molar-refractivity contribution in [3.63, 3.8) is 0 Å². The standard InChI is InChI=1S/C17H27N3O3S.ClH/c1-2-20-24(22,23)16-6-3-15(4-7-16)13-19-17(21)8-5-14-9-11-18-12-10-14;/h3-4,6-7,14,18,20H,2,5,8-13H2,1H3,(H,19,21);1H. The van der Waals surface area contributed by atoms with Gasteiger partial charge in [-0.25, -0.2) is 13.1 Å². The van der Waals surface area contributed by atoms with Crippen LogP contribution in [-0.4, -0.2) is 34.0 Å². The van der Waals surface area contributed by atoms with Crippen molar-refractivity contribution in [1.82, 2.24) is 15.4 Å². The van der Waals surface area contributed by atoms with E-state index < -0.39 is 10.0 Å². The van der Waals surface area contributed by atoms with Gasteiger partial charge in [-0.1, -0.05) is 19.1 Å². The van der Waals surface area contributed by atoms with Gasteiger partial charge in [0.05, 0.1) is 4.90 Å². The van der Waals surface area contributed by atoms with E-state index in [1.54, 1.807) is 31.2 Å². The highest BCUT2D eigenvalue weighted by atomic mass is 35.5. The molecule has 1 aliphatic rings. The van der Waals surface area contributed by atoms with Crippen LogP contribution in [-0.2, 0) is 21.4 Å². The molecule has 0 radical (unpaired) electrons. The van der Waals surface area contributed by atoms with Gasteiger partial charge in [0.15, 0.2) is 0 Å². The maximum absolute atomic E-state index is 11.9. The van der Waals surface area contributed by atoms with E-state index in [9.17, 15) is 13.2 Å². The van der Waals surface area contributed by atoms with Crippen molar-refractivity contribution in [2.75, 3.05) is 19.6 Å². The Morgan fingerprint density at radius 1 is 1.20 bits per heavy atom. The van der Waals surface area contributed by atoms with Gasteiger partial charge >= 0.3 is 0 Å². The Morgan fingerprint density at radius 2 is 1.84 bits per heavy atom. The minimum Gasteiger partial charge on any atom is -0.352 e. The Morgan fingerprint density at radius 3 is 2.44 bits per heavy atom. The second kappa shape index (κ2) is 10.8. The van der Waals surface area contributed by atoms with Crippen LogP contribution in [0.3, 0.4) is 0 Å². The fraction of sp³-hybridized carbons (Fsp3) is 0.588. The fourth-order valence-electron chi connectivity index (χ4n) is 2.85. The summed E-state index contributed by atoms with van der Waals surface area (Å²) in [6, 6.07) is 6.59. The number of carbonyl (C=O) groups is 1. The maximum Gasteiger partial charge on any atom is 0.240 e. The molecule has 1 fully saturated rings. The molecule has 25 heavy (non-hydrogen) atoms. The van der Waals surface area contributed by atoms with Crippen molar-refractivity contribution in [2.24, 2.45) is 5.92 Å². The predicted octanol–water partition coefficient (Wildman–Crippen LogP) is 1.80. The summed E-state index contributed by atoms with van der Waals surface area (Å²) >= 11 is 0. The highest BCUT2D eigenvalue weighted by Crippen LogP contribution is 2.17. The molecule has 0 aromatic heterocycles. The zero-order valence-corrected chi connectivity index (χ0v) is 16.2. The normalized spacial score (nSPS) is 15.4. The summed E-state index contributed by atoms with van der Waals surface area (Å²) in [5.74, 6) is 0.699. The van der Waals surface area contributed by atoms with Gasteiger partial charge in [-0.3, -0.25) is 4.79 Å². The van der Waals surface area contributed by atoms with Crippen molar-refractivity contribution in [1.29, 1.82) is 0 Å². The van der Waals surface area contributed by atoms with E-state index in [2.05, 4.69) is 15.4 Å². The first-order valence-corrected chi connectivity index (χ1v) is 10.1. The molecule has 8 heteroatoms. The molecular formula is C17H28ClN3O3S. The van der Waals surface area contributed by atoms with Crippen LogP contribution in [0.4, 0.5) is 0 Å². The number of hydrogen-bond acceptors (Lipinski definition) is 4. The molecule has 0 unspecified atom stereocenters. The third kappa shape index (κ3) is 7.32. The summed E-state index contributed by atoms with van der Waals surface area (Å²) in [5, 5.41) is 6.23. The van der Waals surface area contributed by atoms with Crippen LogP contribution in [0.15, 0.2) is 29.2 Å². The summed E-state index contributed by atoms with van der Waals surface area (Å²) in [7, 11) is -3.42. The predicted molar refractivity (Wildman–Crippen MR) is 101 cm³/mol. The fourth-order valence-corrected chi connectivity index (χ4v) is 3.90. The molecule has 0 bridgehead atoms. The SMILES string of the molecule is CCNS(=O)(=O)c1ccc(CNC(=O)CCC2CCNCC2)cc1.Cl. The van der Waals surface area contributed by atoms with Crippen LogP contribution in [0.5, 0.6) is 0 Å². The van der Waals surface area contributed by atoms with Gasteiger partial charge in [0.1, 0.15) is 0 Å². The zero-order valence-electron chi connectivity index (χ0n) is 14.6. The molecule has 0 aliphatic carbocycles. The lowest BCUT2D eigenvalue weighted by molar-refractivity contribution is -0.121. The quantitative estimate of drug-likeness (QED) is 0.632. The summed E-state index contributed by atoms with van der Waals surface area (Å²) in [5.41, 5.74) is 0.890. The number of sulfonamides is 1. The van der Waals surface area contributed by atoms with Crippen LogP contribution >= 0.6 is 12.4 Å². The minimum atomic E-state index is -3.42. The first-order valence-electron chi connectivity index (χ1n) is 8.57. The van der Waals surface area contributed by atoms with E-state index in [1.165, 1.54) is 0 Å². The molecular weight excluding hydrogens is 362 g/mol. The van der Waals surface area contributed by atoms with E-state index in [0.29, 0.717) is 25.4 Å². The molecule has 1 saturated heterocycles. The second-order valence-electron chi connectivity index (χ2n) is 6.15. The molecule has 1 heterocycles. The molecule has 1 aromatic carbocycles. The Balaban J connectivity index is 0.00000312. The van der Waals surface area contributed by atoms with Crippen LogP contribution in [0, 0.1) is 5.92 Å². The van der Waals surface area contributed by atoms with Crippen LogP contribution < -0.4 is 15.4 Å². The maximum atomic E-state index is 11.9. The van der Waals surface area contributed by atoms with Crippen LogP contribution in [0.25, 0.3) is 0 Å². The van der Waals surface area contributed by atoms with Gasteiger partial charge in [0.25, 0.3) is 0 Å². The molecule has 6 nitrogen and oxygen atoms in total. The number of hydrogen-bond donors (Lipinski definition) is 3. The van der Waals surface area contributed by atoms with E-state index in [4.69, 9.17) is 0 Å². The zero-order chi connectivity index (χ0) is 17.4. The number of carbonyl (C=O) groups excluding carboxylic acids is 1. The van der Waals surface area contributed by atoms with Gasteiger partial charge in [-0.05, 0) is 56.0 Å². The number of piperidine rings is 1. The van der Waals surface area contributed by atoms with Gasteiger partial charge in [0, 0.05) is 19.5 Å². The molecule has 1 amide bonds. The van der Waals surface area contributed by atoms with Crippen molar-refractivity contribution >= 4 is 28.3 Å². The van der Waals surface area contributed by atoms with Gasteiger partial charge in [0.2, 0.25) is 15.9 Å². The lowest BCUT2D eigenvalue weighted by atomic mass is 9.93. The summed E-state index contributed by atoms with van der Waals surface area (Å²) in [4.78, 5) is 12.2. The lowest BCUT2D eigenvalue weighted by Gasteiger charge is -2.22. The van der Waals surface area contributed by atoms with Crippen molar-refractivity contribution in [2.45, 2.75) is 44.0 Å². The third-order valence-electron chi connectivity index (χ3n) is 4.30. The van der Waals surface area contributed by atoms with Crippen LogP contribution in [0.2, 0.25) is 0 Å². The average molecular weight is 390 g/mol. The van der Waals surface area contributed by atoms with E-state index in [0.717, 1.165) is 37.9 Å². The molecule has 0 saturated carbocycles. The number of amides is 1. The van der Waals surface area contributed by atoms with Gasteiger partial charge < -0.3 is 10.6 Å². The van der Waals surface area contributed by atoms with E-state index >= 15 is 0 Å². The average Bonchev–Trinajstić information content (AvgIpc) is 2.59. The number of nitrogens with one attached hydrogen (secondary N) is 3. The van der Waals surface area contributed by atoms with Crippen molar-refractivity contribution in [3.05, 3.63) is 29.8 Å². The number of rotatable bonds is 8. The number of halogens is 1. The van der Waals surface area contributed by atoms with E-state index in [1.807, 2.05) is 0 Å². The Hall–Kier alpha value is -1.15. The monoisotopic (exact) mass is 389 g/mol. The molecule has 0 spiro atoms. The molecule has 1 aromatic rings. The molecule has 0 atom stereocenters. The molecule has 3 N–H and O–H groups in total. The Labute approximate surface area is 156 Å². The molecule has 1 aliphatic heterocycles. The number of benzene rings is 1. The van der Waals surface area contributed by atoms with Crippen molar-refractivity contribution in [3.8, 4) is 0 Å². The highest BCUT2D eigenvalue weighted by Gasteiger charge is 2.15. The lowest BCUT2D eigenvalue weighted by Crippen LogP contribution is -2.29. The topological polar surface area (TPSA) is 87.3 Å². The first kappa shape index (κ1) is 21.9. The molecule has 2 rings (SSSR count). The minimum absolute atomic E-state index is 0. The smallest absolute Gasteiger partial charge is 0.240 e. The van der Waals surface area contributed by atoms with Gasteiger partial charge in [-0.2, -0.15) is 0 Å². The third-order valence-corrected chi connectivity index (χ3v) is 5.86. The summed E-state index contributed by atoms with van der Waals surface area (Å²) in [6.07, 6.45) is 3.79.